The molecule has 1 N–H and O–H groups in total. The number of benzene rings is 1. The third kappa shape index (κ3) is 3.40. The van der Waals surface area contributed by atoms with Crippen molar-refractivity contribution in [1.82, 2.24) is 9.88 Å². The second-order valence-corrected chi connectivity index (χ2v) is 7.05. The molecule has 3 rings (SSSR count). The van der Waals surface area contributed by atoms with Gasteiger partial charge in [-0.15, -0.1) is 0 Å². The van der Waals surface area contributed by atoms with Gasteiger partial charge in [0.2, 0.25) is 0 Å². The molecule has 0 bridgehead atoms. The fourth-order valence-corrected chi connectivity index (χ4v) is 2.92. The predicted octanol–water partition coefficient (Wildman–Crippen LogP) is 4.55. The fourth-order valence-electron chi connectivity index (χ4n) is 2.92. The van der Waals surface area contributed by atoms with E-state index in [0.717, 1.165) is 40.6 Å². The van der Waals surface area contributed by atoms with E-state index in [0.29, 0.717) is 6.54 Å². The summed E-state index contributed by atoms with van der Waals surface area (Å²) in [7, 11) is 1.66. The predicted molar refractivity (Wildman–Crippen MR) is 95.0 cm³/mol. The van der Waals surface area contributed by atoms with Crippen LogP contribution in [0, 0.1) is 0 Å². The van der Waals surface area contributed by atoms with Gasteiger partial charge in [0.1, 0.15) is 11.4 Å². The Kier molecular flexibility index (Phi) is 4.26. The largest absolute Gasteiger partial charge is 0.497 e. The highest BCUT2D eigenvalue weighted by Crippen LogP contribution is 2.33. The van der Waals surface area contributed by atoms with Crippen LogP contribution >= 0.6 is 0 Å². The molecule has 0 unspecified atom stereocenters. The molecule has 0 saturated carbocycles. The highest BCUT2D eigenvalue weighted by Gasteiger charge is 2.24. The summed E-state index contributed by atoms with van der Waals surface area (Å²) in [6, 6.07) is 5.96. The van der Waals surface area contributed by atoms with Crippen molar-refractivity contribution in [3.05, 3.63) is 36.2 Å². The molecule has 1 aliphatic heterocycles. The molecule has 128 valence electrons. The molecule has 24 heavy (non-hydrogen) atoms. The lowest BCUT2D eigenvalue weighted by Crippen LogP contribution is -2.35. The van der Waals surface area contributed by atoms with Crippen LogP contribution in [0.25, 0.3) is 16.5 Å². The lowest BCUT2D eigenvalue weighted by atomic mass is 9.99. The molecule has 0 saturated heterocycles. The summed E-state index contributed by atoms with van der Waals surface area (Å²) >= 11 is 0. The second-order valence-electron chi connectivity index (χ2n) is 7.05. The zero-order chi connectivity index (χ0) is 17.3. The van der Waals surface area contributed by atoms with E-state index < -0.39 is 5.60 Å². The van der Waals surface area contributed by atoms with E-state index in [1.54, 1.807) is 12.0 Å². The number of carbonyl (C=O) groups is 1. The Bertz CT molecular complexity index is 783. The van der Waals surface area contributed by atoms with Crippen molar-refractivity contribution in [3.8, 4) is 5.75 Å². The highest BCUT2D eigenvalue weighted by atomic mass is 16.6. The Morgan fingerprint density at radius 1 is 1.29 bits per heavy atom. The fraction of sp³-hybridized carbons (Fsp3) is 0.421. The minimum absolute atomic E-state index is 0.294. The number of amides is 1. The molecule has 0 radical (unpaired) electrons. The number of carbonyl (C=O) groups excluding carboxylic acids is 1. The van der Waals surface area contributed by atoms with Crippen LogP contribution in [-0.4, -0.2) is 35.2 Å². The van der Waals surface area contributed by atoms with Crippen molar-refractivity contribution in [2.24, 2.45) is 0 Å². The lowest BCUT2D eigenvalue weighted by Gasteiger charge is -2.28. The number of rotatable bonds is 2. The normalized spacial score (nSPS) is 15.3. The number of hydrogen-bond donors (Lipinski definition) is 1. The van der Waals surface area contributed by atoms with Crippen molar-refractivity contribution in [2.45, 2.75) is 39.2 Å². The second kappa shape index (κ2) is 6.23. The van der Waals surface area contributed by atoms with Crippen molar-refractivity contribution in [2.75, 3.05) is 13.7 Å². The smallest absolute Gasteiger partial charge is 0.414 e. The molecule has 2 aromatic rings. The summed E-state index contributed by atoms with van der Waals surface area (Å²) < 4.78 is 10.8. The zero-order valence-electron chi connectivity index (χ0n) is 14.7. The van der Waals surface area contributed by atoms with E-state index in [9.17, 15) is 4.79 Å². The number of nitrogens with one attached hydrogen (secondary N) is 1. The molecule has 1 aromatic carbocycles. The third-order valence-corrected chi connectivity index (χ3v) is 4.02. The van der Waals surface area contributed by atoms with Gasteiger partial charge in [0, 0.05) is 35.4 Å². The Labute approximate surface area is 142 Å². The maximum Gasteiger partial charge on any atom is 0.414 e. The molecule has 1 amide bonds. The number of nitrogens with zero attached hydrogens (tertiary/aromatic N) is 1. The van der Waals surface area contributed by atoms with E-state index in [1.807, 2.05) is 51.4 Å². The molecule has 5 heteroatoms. The Morgan fingerprint density at radius 2 is 2.08 bits per heavy atom. The average molecular weight is 328 g/mol. The highest BCUT2D eigenvalue weighted by molar-refractivity contribution is 5.94. The minimum atomic E-state index is -0.489. The average Bonchev–Trinajstić information content (AvgIpc) is 2.96. The summed E-state index contributed by atoms with van der Waals surface area (Å²) in [5, 5.41) is 1.10. The Hall–Kier alpha value is -2.43. The quantitative estimate of drug-likeness (QED) is 0.880. The van der Waals surface area contributed by atoms with Gasteiger partial charge >= 0.3 is 6.09 Å². The molecular weight excluding hydrogens is 304 g/mol. The van der Waals surface area contributed by atoms with E-state index in [-0.39, 0.29) is 6.09 Å². The summed E-state index contributed by atoms with van der Waals surface area (Å²) in [5.74, 6) is 0.823. The number of methoxy groups -OCH3 is 1. The van der Waals surface area contributed by atoms with Crippen LogP contribution < -0.4 is 4.74 Å². The number of aromatic amines is 1. The van der Waals surface area contributed by atoms with Crippen LogP contribution in [0.1, 0.15) is 39.2 Å². The molecule has 0 spiro atoms. The maximum atomic E-state index is 12.3. The zero-order valence-corrected chi connectivity index (χ0v) is 14.7. The van der Waals surface area contributed by atoms with Crippen LogP contribution in [0.2, 0.25) is 0 Å². The molecule has 0 fully saturated rings. The monoisotopic (exact) mass is 328 g/mol. The van der Waals surface area contributed by atoms with Gasteiger partial charge in [-0.2, -0.15) is 0 Å². The number of fused-ring (bicyclic) bond motifs is 1. The van der Waals surface area contributed by atoms with Crippen molar-refractivity contribution < 1.29 is 14.3 Å². The van der Waals surface area contributed by atoms with E-state index in [1.165, 1.54) is 0 Å². The van der Waals surface area contributed by atoms with Crippen LogP contribution in [-0.2, 0) is 4.74 Å². The van der Waals surface area contributed by atoms with Crippen molar-refractivity contribution in [1.29, 1.82) is 0 Å². The van der Waals surface area contributed by atoms with Gasteiger partial charge in [0.05, 0.1) is 7.11 Å². The van der Waals surface area contributed by atoms with Crippen molar-refractivity contribution in [3.63, 3.8) is 0 Å². The molecule has 1 aromatic heterocycles. The molecule has 1 aliphatic rings. The van der Waals surface area contributed by atoms with E-state index in [4.69, 9.17) is 9.47 Å². The lowest BCUT2D eigenvalue weighted by molar-refractivity contribution is 0.0329. The van der Waals surface area contributed by atoms with Crippen LogP contribution in [0.15, 0.2) is 30.6 Å². The third-order valence-electron chi connectivity index (χ3n) is 4.02. The Balaban J connectivity index is 1.92. The number of H-pyrrole nitrogens is 1. The first-order valence-corrected chi connectivity index (χ1v) is 8.23. The van der Waals surface area contributed by atoms with Crippen molar-refractivity contribution >= 4 is 22.6 Å². The molecule has 0 atom stereocenters. The first-order valence-electron chi connectivity index (χ1n) is 8.23. The standard InChI is InChI=1S/C19H24N2O3/c1-19(2,3)24-18(22)21-9-5-6-13(12-21)16-11-20-17-8-7-14(23-4)10-15(16)17/h7-8,10-12,20H,5-6,9H2,1-4H3. The first-order chi connectivity index (χ1) is 11.4. The van der Waals surface area contributed by atoms with Crippen LogP contribution in [0.5, 0.6) is 5.75 Å². The SMILES string of the molecule is COc1ccc2[nH]cc(C3=CN(C(=O)OC(C)(C)C)CCC3)c2c1. The number of ether oxygens (including phenoxy) is 2. The summed E-state index contributed by atoms with van der Waals surface area (Å²) in [6.07, 6.45) is 5.47. The van der Waals surface area contributed by atoms with Gasteiger partial charge in [-0.1, -0.05) is 0 Å². The molecule has 5 nitrogen and oxygen atoms in total. The van der Waals surface area contributed by atoms with Crippen LogP contribution in [0.4, 0.5) is 4.79 Å². The maximum absolute atomic E-state index is 12.3. The summed E-state index contributed by atoms with van der Waals surface area (Å²) in [5.41, 5.74) is 2.81. The number of aromatic nitrogens is 1. The van der Waals surface area contributed by atoms with E-state index >= 15 is 0 Å². The Morgan fingerprint density at radius 3 is 2.79 bits per heavy atom. The van der Waals surface area contributed by atoms with Gasteiger partial charge in [0.25, 0.3) is 0 Å². The number of hydrogen-bond acceptors (Lipinski definition) is 3. The van der Waals surface area contributed by atoms with Crippen LogP contribution in [0.3, 0.4) is 0 Å². The van der Waals surface area contributed by atoms with Gasteiger partial charge in [-0.25, -0.2) is 4.79 Å². The van der Waals surface area contributed by atoms with Gasteiger partial charge in [0.15, 0.2) is 0 Å². The topological polar surface area (TPSA) is 54.6 Å². The molecule has 2 heterocycles. The molecular formula is C19H24N2O3. The summed E-state index contributed by atoms with van der Waals surface area (Å²) in [4.78, 5) is 17.3. The summed E-state index contributed by atoms with van der Waals surface area (Å²) in [6.45, 7) is 6.33. The van der Waals surface area contributed by atoms with Gasteiger partial charge in [-0.05, 0) is 57.4 Å². The molecule has 0 aliphatic carbocycles. The minimum Gasteiger partial charge on any atom is -0.497 e. The van der Waals surface area contributed by atoms with E-state index in [2.05, 4.69) is 4.98 Å². The first kappa shape index (κ1) is 16.4. The number of allylic oxidation sites excluding steroid dienone is 1. The van der Waals surface area contributed by atoms with Gasteiger partial charge < -0.3 is 14.5 Å². The van der Waals surface area contributed by atoms with Gasteiger partial charge in [-0.3, -0.25) is 4.90 Å².